The Hall–Kier alpha value is -3.37. The third-order valence-corrected chi connectivity index (χ3v) is 4.99. The second kappa shape index (κ2) is 8.76. The topological polar surface area (TPSA) is 70.7 Å². The highest BCUT2D eigenvalue weighted by atomic mass is 32.1. The van der Waals surface area contributed by atoms with Gasteiger partial charge in [-0.05, 0) is 61.4 Å². The Bertz CT molecular complexity index is 1080. The Morgan fingerprint density at radius 2 is 1.86 bits per heavy atom. The lowest BCUT2D eigenvalue weighted by Crippen LogP contribution is -2.07. The summed E-state index contributed by atoms with van der Waals surface area (Å²) in [6, 6.07) is 13.6. The van der Waals surface area contributed by atoms with Gasteiger partial charge in [-0.3, -0.25) is 0 Å². The third kappa shape index (κ3) is 4.55. The average molecular weight is 407 g/mol. The van der Waals surface area contributed by atoms with Crippen LogP contribution < -0.4 is 9.47 Å². The molecule has 0 radical (unpaired) electrons. The number of nitrogens with zero attached hydrogens (tertiary/aromatic N) is 4. The molecule has 0 bridgehead atoms. The van der Waals surface area contributed by atoms with E-state index < -0.39 is 0 Å². The molecule has 0 aliphatic heterocycles. The molecule has 6 nitrogen and oxygen atoms in total. The fourth-order valence-corrected chi connectivity index (χ4v) is 3.42. The van der Waals surface area contributed by atoms with Crippen LogP contribution in [0.25, 0.3) is 11.3 Å². The molecule has 3 aromatic rings. The minimum atomic E-state index is 0.423. The van der Waals surface area contributed by atoms with Gasteiger partial charge >= 0.3 is 0 Å². The van der Waals surface area contributed by atoms with E-state index in [-0.39, 0.29) is 0 Å². The van der Waals surface area contributed by atoms with Gasteiger partial charge in [-0.25, -0.2) is 4.99 Å². The molecule has 0 amide bonds. The maximum absolute atomic E-state index is 9.71. The van der Waals surface area contributed by atoms with E-state index in [1.165, 1.54) is 11.5 Å². The van der Waals surface area contributed by atoms with Crippen molar-refractivity contribution < 1.29 is 9.47 Å². The summed E-state index contributed by atoms with van der Waals surface area (Å²) in [5.41, 5.74) is 4.68. The molecular weight excluding hydrogens is 384 g/mol. The van der Waals surface area contributed by atoms with Crippen molar-refractivity contribution >= 4 is 23.6 Å². The summed E-state index contributed by atoms with van der Waals surface area (Å²) in [5, 5.41) is 10.2. The van der Waals surface area contributed by atoms with Crippen LogP contribution in [0, 0.1) is 25.2 Å². The molecule has 1 aromatic heterocycles. The first-order chi connectivity index (χ1) is 13.9. The van der Waals surface area contributed by atoms with E-state index in [0.717, 1.165) is 28.1 Å². The quantitative estimate of drug-likeness (QED) is 0.409. The van der Waals surface area contributed by atoms with Crippen LogP contribution in [0.5, 0.6) is 16.6 Å². The lowest BCUT2D eigenvalue weighted by atomic mass is 10.1. The first-order valence-electron chi connectivity index (χ1n) is 8.97. The molecule has 29 heavy (non-hydrogen) atoms. The number of aliphatic imine (C=N–C) groups is 1. The number of aryl methyl sites for hydroxylation is 2. The van der Waals surface area contributed by atoms with Crippen LogP contribution in [0.4, 0.5) is 5.69 Å². The highest BCUT2D eigenvalue weighted by Crippen LogP contribution is 2.39. The Balaban J connectivity index is 1.92. The number of methoxy groups -OCH3 is 1. The van der Waals surface area contributed by atoms with E-state index in [9.17, 15) is 5.26 Å². The van der Waals surface area contributed by atoms with E-state index in [4.69, 9.17) is 9.47 Å². The molecule has 1 heterocycles. The van der Waals surface area contributed by atoms with Crippen LogP contribution in [0.2, 0.25) is 0 Å². The molecule has 0 atom stereocenters. The van der Waals surface area contributed by atoms with Gasteiger partial charge in [0.05, 0.1) is 19.1 Å². The van der Waals surface area contributed by atoms with Crippen LogP contribution in [0.1, 0.15) is 16.7 Å². The summed E-state index contributed by atoms with van der Waals surface area (Å²) in [6.45, 7) is 3.94. The Morgan fingerprint density at radius 1 is 1.14 bits per heavy atom. The molecule has 0 spiro atoms. The number of hydrogen-bond acceptors (Lipinski definition) is 6. The summed E-state index contributed by atoms with van der Waals surface area (Å²) < 4.78 is 15.7. The van der Waals surface area contributed by atoms with Crippen molar-refractivity contribution in [2.75, 3.05) is 21.2 Å². The maximum atomic E-state index is 9.71. The molecule has 0 aliphatic rings. The van der Waals surface area contributed by atoms with Crippen LogP contribution in [0.3, 0.4) is 0 Å². The highest BCUT2D eigenvalue weighted by Gasteiger charge is 2.18. The highest BCUT2D eigenvalue weighted by molar-refractivity contribution is 7.08. The molecule has 7 heteroatoms. The SMILES string of the molecule is COc1ccc(-c2nsc(Oc3cc(C)c(N=CN(C)C)cc3C)c2C#N)cc1. The van der Waals surface area contributed by atoms with E-state index in [1.54, 1.807) is 13.4 Å². The molecule has 0 N–H and O–H groups in total. The number of nitriles is 1. The predicted molar refractivity (Wildman–Crippen MR) is 117 cm³/mol. The second-order valence-corrected chi connectivity index (χ2v) is 7.48. The van der Waals surface area contributed by atoms with Crippen molar-refractivity contribution in [1.29, 1.82) is 5.26 Å². The summed E-state index contributed by atoms with van der Waals surface area (Å²) in [5.74, 6) is 1.44. The zero-order valence-electron chi connectivity index (χ0n) is 17.1. The van der Waals surface area contributed by atoms with E-state index in [0.29, 0.717) is 22.1 Å². The van der Waals surface area contributed by atoms with Crippen LogP contribution in [0.15, 0.2) is 41.4 Å². The number of ether oxygens (including phenoxy) is 2. The number of aromatic nitrogens is 1. The largest absolute Gasteiger partial charge is 0.497 e. The van der Waals surface area contributed by atoms with Gasteiger partial charge in [0.15, 0.2) is 0 Å². The summed E-state index contributed by atoms with van der Waals surface area (Å²) >= 11 is 1.17. The van der Waals surface area contributed by atoms with Crippen molar-refractivity contribution in [2.24, 2.45) is 4.99 Å². The van der Waals surface area contributed by atoms with Crippen molar-refractivity contribution in [2.45, 2.75) is 13.8 Å². The lowest BCUT2D eigenvalue weighted by Gasteiger charge is -2.11. The Kier molecular flexibility index (Phi) is 6.15. The molecule has 0 saturated heterocycles. The van der Waals surface area contributed by atoms with Gasteiger partial charge in [0, 0.05) is 31.2 Å². The van der Waals surface area contributed by atoms with Crippen molar-refractivity contribution in [3.05, 3.63) is 53.1 Å². The van der Waals surface area contributed by atoms with Gasteiger partial charge in [0.2, 0.25) is 5.06 Å². The molecule has 2 aromatic carbocycles. The van der Waals surface area contributed by atoms with Gasteiger partial charge in [-0.15, -0.1) is 0 Å². The van der Waals surface area contributed by atoms with Gasteiger partial charge in [-0.1, -0.05) is 0 Å². The third-order valence-electron chi connectivity index (χ3n) is 4.26. The smallest absolute Gasteiger partial charge is 0.218 e. The standard InChI is InChI=1S/C22H22N4O2S/c1-14-11-20(15(2)10-19(14)24-13-26(3)4)28-22-18(12-23)21(25-29-22)16-6-8-17(27-5)9-7-16/h6-11,13H,1-5H3. The van der Waals surface area contributed by atoms with Gasteiger partial charge in [0.25, 0.3) is 0 Å². The van der Waals surface area contributed by atoms with Crippen molar-refractivity contribution in [3.8, 4) is 33.9 Å². The first kappa shape index (κ1) is 20.4. The minimum Gasteiger partial charge on any atom is -0.497 e. The average Bonchev–Trinajstić information content (AvgIpc) is 3.12. The molecule has 0 aliphatic carbocycles. The lowest BCUT2D eigenvalue weighted by molar-refractivity contribution is 0.415. The van der Waals surface area contributed by atoms with Gasteiger partial charge in [-0.2, -0.15) is 9.64 Å². The van der Waals surface area contributed by atoms with Gasteiger partial charge in [0.1, 0.15) is 28.8 Å². The monoisotopic (exact) mass is 406 g/mol. The summed E-state index contributed by atoms with van der Waals surface area (Å²) in [7, 11) is 5.47. The molecule has 0 fully saturated rings. The van der Waals surface area contributed by atoms with E-state index >= 15 is 0 Å². The normalized spacial score (nSPS) is 10.8. The van der Waals surface area contributed by atoms with Crippen LogP contribution in [-0.2, 0) is 0 Å². The van der Waals surface area contributed by atoms with Crippen molar-refractivity contribution in [1.82, 2.24) is 9.27 Å². The predicted octanol–water partition coefficient (Wildman–Crippen LogP) is 5.32. The van der Waals surface area contributed by atoms with Crippen LogP contribution >= 0.6 is 11.5 Å². The van der Waals surface area contributed by atoms with E-state index in [1.807, 2.05) is 69.2 Å². The molecule has 3 rings (SSSR count). The second-order valence-electron chi connectivity index (χ2n) is 6.75. The fourth-order valence-electron chi connectivity index (χ4n) is 2.69. The van der Waals surface area contributed by atoms with Gasteiger partial charge < -0.3 is 14.4 Å². The zero-order valence-corrected chi connectivity index (χ0v) is 17.9. The first-order valence-corrected chi connectivity index (χ1v) is 9.74. The summed E-state index contributed by atoms with van der Waals surface area (Å²) in [4.78, 5) is 6.36. The van der Waals surface area contributed by atoms with Crippen LogP contribution in [-0.4, -0.2) is 36.8 Å². The molecule has 148 valence electrons. The molecule has 0 unspecified atom stereocenters. The van der Waals surface area contributed by atoms with Crippen molar-refractivity contribution in [3.63, 3.8) is 0 Å². The molecule has 0 saturated carbocycles. The zero-order chi connectivity index (χ0) is 21.0. The Morgan fingerprint density at radius 3 is 2.48 bits per heavy atom. The molecular formula is C22H22N4O2S. The maximum Gasteiger partial charge on any atom is 0.218 e. The number of hydrogen-bond donors (Lipinski definition) is 0. The fraction of sp³-hybridized carbons (Fsp3) is 0.227. The number of rotatable bonds is 6. The minimum absolute atomic E-state index is 0.423. The Labute approximate surface area is 174 Å². The summed E-state index contributed by atoms with van der Waals surface area (Å²) in [6.07, 6.45) is 1.76. The van der Waals surface area contributed by atoms with E-state index in [2.05, 4.69) is 15.4 Å². The number of benzene rings is 2.